The standard InChI is InChI=1S/C56H66N2S2/c1-35-51-52(56(51,5)44-24-16-14-23-41(44)45-32-39(33-55(2,3)4)48(34-58(35)45)60(6,7)8)53-42-26-27-43-49-40(38-20-10-9-11-21-38)22-15-17-25-47(49)59-54(43)50(42)46-31-37(28-29-57(46)53)30-36-18-12-13-19-36/h9-10,15-17,20,22,24,26-29,31-32,34-36,47,49,51H,11-14,18-19,21,23,25,30,33H2,1-8H3/q+2/b53-52+. The van der Waals surface area contributed by atoms with Crippen LogP contribution in [0.2, 0.25) is 0 Å². The number of aromatic nitrogens is 2. The Bertz CT molecular complexity index is 2570. The molecule has 0 amide bonds. The Morgan fingerprint density at radius 1 is 0.917 bits per heavy atom. The second kappa shape index (κ2) is 14.2. The Kier molecular flexibility index (Phi) is 9.30. The van der Waals surface area contributed by atoms with Crippen LogP contribution in [-0.2, 0) is 12.8 Å². The first-order valence-electron chi connectivity index (χ1n) is 23.3. The maximum atomic E-state index is 2.77. The van der Waals surface area contributed by atoms with Crippen LogP contribution in [0.25, 0.3) is 22.5 Å². The van der Waals surface area contributed by atoms with Crippen molar-refractivity contribution in [2.24, 2.45) is 22.7 Å². The summed E-state index contributed by atoms with van der Waals surface area (Å²) in [6.45, 7) is 12.4. The largest absolute Gasteiger partial charge is 0.220 e. The Balaban J connectivity index is 1.12. The number of thioether (sulfide) groups is 1. The van der Waals surface area contributed by atoms with Crippen molar-refractivity contribution in [2.75, 3.05) is 18.8 Å². The quantitative estimate of drug-likeness (QED) is 0.182. The zero-order valence-corrected chi connectivity index (χ0v) is 39.2. The molecule has 0 bridgehead atoms. The van der Waals surface area contributed by atoms with Crippen molar-refractivity contribution >= 4 is 33.1 Å². The first kappa shape index (κ1) is 39.3. The Morgan fingerprint density at radius 3 is 2.48 bits per heavy atom. The molecule has 0 radical (unpaired) electrons. The van der Waals surface area contributed by atoms with E-state index in [4.69, 9.17) is 0 Å². The van der Waals surface area contributed by atoms with Crippen LogP contribution in [0, 0.1) is 22.7 Å². The van der Waals surface area contributed by atoms with Gasteiger partial charge in [-0.15, -0.1) is 11.8 Å². The van der Waals surface area contributed by atoms with E-state index in [1.807, 2.05) is 0 Å². The van der Waals surface area contributed by atoms with Gasteiger partial charge in [0.25, 0.3) is 0 Å². The average Bonchev–Trinajstić information content (AvgIpc) is 3.50. The van der Waals surface area contributed by atoms with Crippen molar-refractivity contribution in [3.8, 4) is 11.3 Å². The highest BCUT2D eigenvalue weighted by molar-refractivity contribution is 8.32. The number of fused-ring (bicyclic) bond motifs is 11. The maximum Gasteiger partial charge on any atom is 0.220 e. The van der Waals surface area contributed by atoms with Gasteiger partial charge in [-0.2, -0.15) is 9.13 Å². The summed E-state index contributed by atoms with van der Waals surface area (Å²) in [5, 5.41) is 0.523. The van der Waals surface area contributed by atoms with E-state index < -0.39 is 10.0 Å². The van der Waals surface area contributed by atoms with Crippen LogP contribution in [-0.4, -0.2) is 24.0 Å². The topological polar surface area (TPSA) is 7.76 Å². The summed E-state index contributed by atoms with van der Waals surface area (Å²) < 4.78 is 5.45. The average molecular weight is 831 g/mol. The normalized spacial score (nSPS) is 29.1. The lowest BCUT2D eigenvalue weighted by Crippen LogP contribution is -2.43. The summed E-state index contributed by atoms with van der Waals surface area (Å²) in [5.74, 6) is 1.67. The van der Waals surface area contributed by atoms with E-state index in [9.17, 15) is 0 Å². The van der Waals surface area contributed by atoms with Crippen LogP contribution in [0.15, 0.2) is 123 Å². The fourth-order valence-corrected chi connectivity index (χ4v) is 15.9. The first-order chi connectivity index (χ1) is 28.8. The molecule has 310 valence electrons. The monoisotopic (exact) mass is 830 g/mol. The zero-order valence-electron chi connectivity index (χ0n) is 37.5. The molecular weight excluding hydrogens is 765 g/mol. The third-order valence-electron chi connectivity index (χ3n) is 15.6. The molecule has 5 aliphatic carbocycles. The summed E-state index contributed by atoms with van der Waals surface area (Å²) in [6.07, 6.45) is 45.5. The Morgan fingerprint density at radius 2 is 1.72 bits per heavy atom. The number of pyridine rings is 2. The van der Waals surface area contributed by atoms with E-state index in [1.54, 1.807) is 43.2 Å². The van der Waals surface area contributed by atoms with Crippen molar-refractivity contribution in [1.82, 2.24) is 0 Å². The highest BCUT2D eigenvalue weighted by Crippen LogP contribution is 2.72. The van der Waals surface area contributed by atoms with Crippen LogP contribution in [0.3, 0.4) is 0 Å². The van der Waals surface area contributed by atoms with Crippen LogP contribution < -0.4 is 9.13 Å². The molecule has 5 heterocycles. The van der Waals surface area contributed by atoms with Gasteiger partial charge in [0.1, 0.15) is 0 Å². The molecule has 60 heavy (non-hydrogen) atoms. The first-order valence-corrected chi connectivity index (χ1v) is 27.1. The van der Waals surface area contributed by atoms with Crippen molar-refractivity contribution < 1.29 is 9.13 Å². The fraction of sp³-hybridized carbons (Fsp3) is 0.464. The van der Waals surface area contributed by atoms with Gasteiger partial charge < -0.3 is 0 Å². The van der Waals surface area contributed by atoms with Crippen molar-refractivity contribution in [3.63, 3.8) is 0 Å². The van der Waals surface area contributed by atoms with E-state index in [0.29, 0.717) is 23.1 Å². The summed E-state index contributed by atoms with van der Waals surface area (Å²) >= 11 is 2.19. The number of rotatable bonds is 5. The number of benzene rings is 1. The molecule has 2 aromatic heterocycles. The number of hydrogen-bond acceptors (Lipinski definition) is 1. The van der Waals surface area contributed by atoms with Crippen LogP contribution in [0.1, 0.15) is 132 Å². The Labute approximate surface area is 366 Å². The number of hydrogen-bond donors (Lipinski definition) is 0. The summed E-state index contributed by atoms with van der Waals surface area (Å²) in [6, 6.07) is 13.3. The van der Waals surface area contributed by atoms with Crippen LogP contribution >= 0.6 is 21.8 Å². The molecule has 11 rings (SSSR count). The van der Waals surface area contributed by atoms with Crippen LogP contribution in [0.5, 0.6) is 0 Å². The smallest absolute Gasteiger partial charge is 0.217 e. The van der Waals surface area contributed by atoms with Gasteiger partial charge in [-0.1, -0.05) is 108 Å². The van der Waals surface area contributed by atoms with Crippen molar-refractivity contribution in [2.45, 2.75) is 132 Å². The van der Waals surface area contributed by atoms with Crippen molar-refractivity contribution in [1.29, 1.82) is 0 Å². The van der Waals surface area contributed by atoms with Gasteiger partial charge in [-0.3, -0.25) is 0 Å². The molecule has 4 heteroatoms. The molecular formula is C56H66N2S2+2. The van der Waals surface area contributed by atoms with Gasteiger partial charge in [0.05, 0.1) is 21.9 Å². The molecule has 1 aromatic carbocycles. The molecule has 0 spiro atoms. The minimum Gasteiger partial charge on any atom is -0.217 e. The summed E-state index contributed by atoms with van der Waals surface area (Å²) in [5.41, 5.74) is 20.2. The Hall–Kier alpha value is -3.60. The molecule has 3 aromatic rings. The van der Waals surface area contributed by atoms with E-state index in [0.717, 1.165) is 44.4 Å². The lowest BCUT2D eigenvalue weighted by Gasteiger charge is -2.30. The van der Waals surface area contributed by atoms with Gasteiger partial charge >= 0.3 is 0 Å². The number of nitrogens with zero attached hydrogens (tertiary/aromatic N) is 2. The third-order valence-corrected chi connectivity index (χ3v) is 18.7. The maximum absolute atomic E-state index is 2.77. The summed E-state index contributed by atoms with van der Waals surface area (Å²) in [4.78, 5) is 3.15. The van der Waals surface area contributed by atoms with Crippen LogP contribution in [0.4, 0.5) is 0 Å². The lowest BCUT2D eigenvalue weighted by atomic mass is 9.80. The summed E-state index contributed by atoms with van der Waals surface area (Å²) in [7, 11) is -0.958. The van der Waals surface area contributed by atoms with Gasteiger partial charge in [0.15, 0.2) is 18.4 Å². The predicted molar refractivity (Wildman–Crippen MR) is 256 cm³/mol. The predicted octanol–water partition coefficient (Wildman–Crippen LogP) is 13.6. The molecule has 2 nitrogen and oxygen atoms in total. The molecule has 2 fully saturated rings. The SMILES string of the molecule is CC1C2/C(=C3/c4ccc5c(c4-c4cc(CC6CCCC6)cc[n+]43)SC3CC=CC=C(C4=CC=CCC4)C53)C2(C)C2=C(CCC=C2)c2cc(CC(C)(C)C)c(S(C)(C)C)c[n+]21. The second-order valence-electron chi connectivity index (χ2n) is 21.7. The highest BCUT2D eigenvalue weighted by Gasteiger charge is 2.69. The molecule has 0 saturated heterocycles. The fourth-order valence-electron chi connectivity index (χ4n) is 12.9. The van der Waals surface area contributed by atoms with Gasteiger partial charge in [0, 0.05) is 50.8 Å². The molecule has 5 atom stereocenters. The lowest BCUT2D eigenvalue weighted by molar-refractivity contribution is -0.726. The molecule has 2 saturated carbocycles. The van der Waals surface area contributed by atoms with Gasteiger partial charge in [0.2, 0.25) is 17.1 Å². The molecule has 8 aliphatic rings. The molecule has 5 unspecified atom stereocenters. The van der Waals surface area contributed by atoms with Gasteiger partial charge in [-0.25, -0.2) is 10.0 Å². The van der Waals surface area contributed by atoms with Crippen molar-refractivity contribution in [3.05, 3.63) is 142 Å². The number of allylic oxidation sites excluding steroid dienone is 13. The molecule has 0 N–H and O–H groups in total. The van der Waals surface area contributed by atoms with E-state index in [1.165, 1.54) is 71.5 Å². The highest BCUT2D eigenvalue weighted by atomic mass is 32.3. The third kappa shape index (κ3) is 6.18. The van der Waals surface area contributed by atoms with E-state index in [2.05, 4.69) is 166 Å². The molecule has 3 aliphatic heterocycles. The zero-order chi connectivity index (χ0) is 41.3. The van der Waals surface area contributed by atoms with E-state index in [-0.39, 0.29) is 10.8 Å². The minimum atomic E-state index is -0.958. The van der Waals surface area contributed by atoms with Gasteiger partial charge in [-0.05, 0) is 121 Å². The second-order valence-corrected chi connectivity index (χ2v) is 27.0. The minimum absolute atomic E-state index is 0.0277. The van der Waals surface area contributed by atoms with E-state index >= 15 is 0 Å².